The maximum absolute atomic E-state index is 13.7. The summed E-state index contributed by atoms with van der Waals surface area (Å²) >= 11 is 6.89. The van der Waals surface area contributed by atoms with Gasteiger partial charge in [0.2, 0.25) is 6.79 Å². The minimum Gasteiger partial charge on any atom is -0.454 e. The minimum atomic E-state index is -0.291. The number of aromatic nitrogens is 1. The molecule has 0 unspecified atom stereocenters. The van der Waals surface area contributed by atoms with Crippen molar-refractivity contribution in [3.63, 3.8) is 0 Å². The number of thiocarbonyl (C=S) groups is 1. The van der Waals surface area contributed by atoms with Crippen LogP contribution < -0.4 is 19.9 Å². The molecule has 44 heavy (non-hydrogen) atoms. The number of nitriles is 1. The van der Waals surface area contributed by atoms with Gasteiger partial charge >= 0.3 is 0 Å². The Hall–Kier alpha value is -4.11. The summed E-state index contributed by atoms with van der Waals surface area (Å²) in [5, 5.41) is 10.00. The van der Waals surface area contributed by atoms with Gasteiger partial charge in [0.15, 0.2) is 11.5 Å². The number of piperazine rings is 1. The lowest BCUT2D eigenvalue weighted by Gasteiger charge is -2.38. The third-order valence-electron chi connectivity index (χ3n) is 8.14. The Morgan fingerprint density at radius 1 is 1.00 bits per heavy atom. The van der Waals surface area contributed by atoms with Crippen molar-refractivity contribution < 1.29 is 14.3 Å². The molecule has 0 spiro atoms. The molecule has 11 heteroatoms. The number of fused-ring (bicyclic) bond motifs is 1. The molecule has 4 heterocycles. The molecule has 3 aliphatic rings. The first-order valence-electron chi connectivity index (χ1n) is 14.7. The molecule has 1 aromatic heterocycles. The van der Waals surface area contributed by atoms with Crippen molar-refractivity contribution in [3.8, 4) is 17.6 Å². The summed E-state index contributed by atoms with van der Waals surface area (Å²) in [6, 6.07) is 18.1. The van der Waals surface area contributed by atoms with E-state index < -0.39 is 0 Å². The first kappa shape index (κ1) is 29.9. The molecule has 6 rings (SSSR count). The zero-order chi connectivity index (χ0) is 30.8. The zero-order valence-corrected chi connectivity index (χ0v) is 26.4. The number of amides is 1. The topological polar surface area (TPSA) is 91.0 Å². The number of hydrogen-bond acceptors (Lipinski definition) is 9. The molecule has 0 aliphatic carbocycles. The molecule has 0 bridgehead atoms. The number of carbonyl (C=O) groups is 1. The molecular formula is C33H33N5O4S2. The summed E-state index contributed by atoms with van der Waals surface area (Å²) in [6.45, 7) is 8.70. The maximum atomic E-state index is 13.7. The summed E-state index contributed by atoms with van der Waals surface area (Å²) < 4.78 is 13.1. The number of hydrogen-bond donors (Lipinski definition) is 0. The predicted molar refractivity (Wildman–Crippen MR) is 176 cm³/mol. The smallest absolute Gasteiger partial charge is 0.270 e. The number of thioether (sulfide) groups is 1. The number of carbonyl (C=O) groups excluding carboxylic acids is 1. The highest BCUT2D eigenvalue weighted by Gasteiger charge is 2.34. The summed E-state index contributed by atoms with van der Waals surface area (Å²) in [6.07, 6.45) is 2.55. The van der Waals surface area contributed by atoms with Gasteiger partial charge in [0.05, 0.1) is 11.4 Å². The molecule has 2 saturated heterocycles. The van der Waals surface area contributed by atoms with Gasteiger partial charge in [-0.15, -0.1) is 0 Å². The molecule has 2 aromatic carbocycles. The quantitative estimate of drug-likeness (QED) is 0.256. The zero-order valence-electron chi connectivity index (χ0n) is 24.7. The average molecular weight is 628 g/mol. The first-order chi connectivity index (χ1) is 21.4. The van der Waals surface area contributed by atoms with Crippen molar-refractivity contribution in [1.82, 2.24) is 14.4 Å². The molecule has 0 N–H and O–H groups in total. The van der Waals surface area contributed by atoms with Gasteiger partial charge in [-0.05, 0) is 48.2 Å². The van der Waals surface area contributed by atoms with Crippen molar-refractivity contribution in [2.45, 2.75) is 39.9 Å². The SMILES string of the molecule is CCCn1c(N2CCN(Cc3ccccc3)CC2)c(C=C2SC(=S)N(Cc3ccc4c(c3)OCO4)C2=O)c(C)c(C#N)c1=O. The lowest BCUT2D eigenvalue weighted by molar-refractivity contribution is -0.122. The van der Waals surface area contributed by atoms with Crippen molar-refractivity contribution in [1.29, 1.82) is 5.26 Å². The molecule has 226 valence electrons. The maximum Gasteiger partial charge on any atom is 0.270 e. The molecule has 0 atom stereocenters. The second-order valence-corrected chi connectivity index (χ2v) is 12.7. The van der Waals surface area contributed by atoms with E-state index in [0.29, 0.717) is 52.5 Å². The second kappa shape index (κ2) is 12.9. The fourth-order valence-corrected chi connectivity index (χ4v) is 7.10. The van der Waals surface area contributed by atoms with Gasteiger partial charge in [-0.25, -0.2) is 0 Å². The number of pyridine rings is 1. The van der Waals surface area contributed by atoms with E-state index in [4.69, 9.17) is 21.7 Å². The number of ether oxygens (including phenoxy) is 2. The molecule has 0 radical (unpaired) electrons. The van der Waals surface area contributed by atoms with Crippen molar-refractivity contribution in [3.05, 3.63) is 91.6 Å². The molecule has 1 amide bonds. The van der Waals surface area contributed by atoms with E-state index in [1.54, 1.807) is 16.4 Å². The summed E-state index contributed by atoms with van der Waals surface area (Å²) in [4.78, 5) is 34.0. The van der Waals surface area contributed by atoms with E-state index in [0.717, 1.165) is 43.0 Å². The number of benzene rings is 2. The predicted octanol–water partition coefficient (Wildman–Crippen LogP) is 4.89. The van der Waals surface area contributed by atoms with E-state index in [9.17, 15) is 14.9 Å². The van der Waals surface area contributed by atoms with Crippen molar-refractivity contribution in [2.75, 3.05) is 37.9 Å². The largest absolute Gasteiger partial charge is 0.454 e. The van der Waals surface area contributed by atoms with Gasteiger partial charge in [0.1, 0.15) is 21.8 Å². The van der Waals surface area contributed by atoms with Gasteiger partial charge in [-0.1, -0.05) is 67.3 Å². The first-order valence-corrected chi connectivity index (χ1v) is 15.9. The Morgan fingerprint density at radius 2 is 1.75 bits per heavy atom. The van der Waals surface area contributed by atoms with Gasteiger partial charge in [-0.2, -0.15) is 5.26 Å². The van der Waals surface area contributed by atoms with Crippen LogP contribution in [0, 0.1) is 18.3 Å². The summed E-state index contributed by atoms with van der Waals surface area (Å²) in [7, 11) is 0. The van der Waals surface area contributed by atoms with Crippen LogP contribution in [0.5, 0.6) is 11.5 Å². The number of anilines is 1. The van der Waals surface area contributed by atoms with E-state index in [2.05, 4.69) is 40.1 Å². The standard InChI is InChI=1S/C33H33N5O4S2/c1-3-11-37-30(36-14-12-35(13-15-36)19-23-7-5-4-6-8-23)25(22(2)26(18-34)31(37)39)17-29-32(40)38(33(43)44-29)20-24-9-10-27-28(16-24)42-21-41-27/h4-10,16-17H,3,11-15,19-21H2,1-2H3. The molecule has 0 saturated carbocycles. The highest BCUT2D eigenvalue weighted by atomic mass is 32.2. The van der Waals surface area contributed by atoms with Crippen LogP contribution in [0.3, 0.4) is 0 Å². The average Bonchev–Trinajstić information content (AvgIpc) is 3.60. The molecule has 9 nitrogen and oxygen atoms in total. The van der Waals surface area contributed by atoms with Crippen molar-refractivity contribution >= 4 is 46.1 Å². The monoisotopic (exact) mass is 627 g/mol. The summed E-state index contributed by atoms with van der Waals surface area (Å²) in [5.41, 5.74) is 3.25. The van der Waals surface area contributed by atoms with Crippen LogP contribution in [-0.2, 0) is 24.4 Å². The molecular weight excluding hydrogens is 595 g/mol. The van der Waals surface area contributed by atoms with Crippen LogP contribution in [0.1, 0.15) is 41.2 Å². The van der Waals surface area contributed by atoms with Crippen LogP contribution in [0.2, 0.25) is 0 Å². The second-order valence-electron chi connectivity index (χ2n) is 11.0. The molecule has 2 fully saturated rings. The van der Waals surface area contributed by atoms with Gasteiger partial charge < -0.3 is 14.4 Å². The Kier molecular flexibility index (Phi) is 8.75. The fraction of sp³-hybridized carbons (Fsp3) is 0.333. The van der Waals surface area contributed by atoms with Gasteiger partial charge in [-0.3, -0.25) is 24.0 Å². The van der Waals surface area contributed by atoms with E-state index >= 15 is 0 Å². The van der Waals surface area contributed by atoms with Crippen LogP contribution >= 0.6 is 24.0 Å². The Morgan fingerprint density at radius 3 is 2.48 bits per heavy atom. The third kappa shape index (κ3) is 5.85. The lowest BCUT2D eigenvalue weighted by atomic mass is 10.0. The van der Waals surface area contributed by atoms with Crippen molar-refractivity contribution in [2.24, 2.45) is 0 Å². The Balaban J connectivity index is 1.32. The van der Waals surface area contributed by atoms with Gasteiger partial charge in [0, 0.05) is 44.8 Å². The Labute approximate surface area is 266 Å². The van der Waals surface area contributed by atoms with Crippen LogP contribution in [0.25, 0.3) is 6.08 Å². The third-order valence-corrected chi connectivity index (χ3v) is 9.52. The normalized spacial score (nSPS) is 17.5. The molecule has 3 aliphatic heterocycles. The van der Waals surface area contributed by atoms with E-state index in [-0.39, 0.29) is 23.8 Å². The highest BCUT2D eigenvalue weighted by molar-refractivity contribution is 8.26. The van der Waals surface area contributed by atoms with Gasteiger partial charge in [0.25, 0.3) is 11.5 Å². The fourth-order valence-electron chi connectivity index (χ4n) is 5.86. The highest BCUT2D eigenvalue weighted by Crippen LogP contribution is 2.38. The Bertz CT molecular complexity index is 1740. The summed E-state index contributed by atoms with van der Waals surface area (Å²) in [5.74, 6) is 1.88. The van der Waals surface area contributed by atoms with E-state index in [1.807, 2.05) is 37.3 Å². The van der Waals surface area contributed by atoms with E-state index in [1.165, 1.54) is 17.3 Å². The van der Waals surface area contributed by atoms with Crippen LogP contribution in [-0.4, -0.2) is 57.6 Å². The minimum absolute atomic E-state index is 0.104. The number of nitrogens with zero attached hydrogens (tertiary/aromatic N) is 5. The lowest BCUT2D eigenvalue weighted by Crippen LogP contribution is -2.48. The number of rotatable bonds is 8. The van der Waals surface area contributed by atoms with Crippen LogP contribution in [0.15, 0.2) is 58.2 Å². The molecule has 3 aromatic rings. The van der Waals surface area contributed by atoms with Crippen LogP contribution in [0.4, 0.5) is 5.82 Å².